The molecule has 1 aromatic rings. The molecule has 6 nitrogen and oxygen atoms in total. The zero-order chi connectivity index (χ0) is 16.2. The standard InChI is InChI=1S/C17H23N3O3/c18-16(21)14(12-6-7-12)8-19-17(22)15-3-1-2-13(20-15)10-23-9-11-4-5-11/h1-3,11-12,14H,4-10H2,(H2,18,21)(H,19,22)/t14-/m1/s1. The molecule has 23 heavy (non-hydrogen) atoms. The molecule has 1 heterocycles. The molecular formula is C17H23N3O3. The van der Waals surface area contributed by atoms with Crippen molar-refractivity contribution in [1.29, 1.82) is 0 Å². The van der Waals surface area contributed by atoms with Crippen molar-refractivity contribution < 1.29 is 14.3 Å². The Hall–Kier alpha value is -1.95. The molecule has 1 atom stereocenters. The lowest BCUT2D eigenvalue weighted by molar-refractivity contribution is -0.122. The van der Waals surface area contributed by atoms with Crippen molar-refractivity contribution in [2.75, 3.05) is 13.2 Å². The fourth-order valence-corrected chi connectivity index (χ4v) is 2.59. The van der Waals surface area contributed by atoms with Crippen molar-refractivity contribution >= 4 is 11.8 Å². The molecule has 124 valence electrons. The molecule has 1 aromatic heterocycles. The first kappa shape index (κ1) is 15.9. The fourth-order valence-electron chi connectivity index (χ4n) is 2.59. The van der Waals surface area contributed by atoms with Gasteiger partial charge in [0.1, 0.15) is 5.69 Å². The van der Waals surface area contributed by atoms with Gasteiger partial charge in [0.25, 0.3) is 5.91 Å². The Balaban J connectivity index is 1.50. The van der Waals surface area contributed by atoms with Gasteiger partial charge in [0.05, 0.1) is 18.2 Å². The molecule has 6 heteroatoms. The summed E-state index contributed by atoms with van der Waals surface area (Å²) in [6, 6.07) is 5.31. The molecule has 0 aliphatic heterocycles. The summed E-state index contributed by atoms with van der Waals surface area (Å²) < 4.78 is 5.59. The number of hydrogen-bond acceptors (Lipinski definition) is 4. The summed E-state index contributed by atoms with van der Waals surface area (Å²) in [6.07, 6.45) is 4.51. The van der Waals surface area contributed by atoms with E-state index in [2.05, 4.69) is 10.3 Å². The first-order chi connectivity index (χ1) is 11.1. The molecule has 3 rings (SSSR count). The Bertz CT molecular complexity index is 582. The summed E-state index contributed by atoms with van der Waals surface area (Å²) in [5.74, 6) is 0.130. The number of nitrogens with zero attached hydrogens (tertiary/aromatic N) is 1. The third-order valence-corrected chi connectivity index (χ3v) is 4.38. The highest BCUT2D eigenvalue weighted by atomic mass is 16.5. The first-order valence-electron chi connectivity index (χ1n) is 8.24. The zero-order valence-corrected chi connectivity index (χ0v) is 13.2. The quantitative estimate of drug-likeness (QED) is 0.716. The summed E-state index contributed by atoms with van der Waals surface area (Å²) in [5, 5.41) is 2.77. The molecule has 2 aliphatic rings. The van der Waals surface area contributed by atoms with Crippen LogP contribution < -0.4 is 11.1 Å². The average Bonchev–Trinajstić information content (AvgIpc) is 3.41. The van der Waals surface area contributed by atoms with Crippen LogP contribution in [0.2, 0.25) is 0 Å². The number of ether oxygens (including phenoxy) is 1. The normalized spacial score (nSPS) is 18.4. The second-order valence-electron chi connectivity index (χ2n) is 6.53. The molecule has 0 radical (unpaired) electrons. The van der Waals surface area contributed by atoms with Gasteiger partial charge in [-0.3, -0.25) is 9.59 Å². The Morgan fingerprint density at radius 2 is 2.09 bits per heavy atom. The molecule has 0 aromatic carbocycles. The van der Waals surface area contributed by atoms with Crippen LogP contribution in [-0.4, -0.2) is 29.9 Å². The lowest BCUT2D eigenvalue weighted by Crippen LogP contribution is -2.37. The predicted molar refractivity (Wildman–Crippen MR) is 84.4 cm³/mol. The van der Waals surface area contributed by atoms with Gasteiger partial charge in [-0.25, -0.2) is 4.98 Å². The average molecular weight is 317 g/mol. The molecule has 0 saturated heterocycles. The number of aromatic nitrogens is 1. The Morgan fingerprint density at radius 1 is 1.30 bits per heavy atom. The maximum atomic E-state index is 12.2. The van der Waals surface area contributed by atoms with Gasteiger partial charge in [-0.05, 0) is 49.7 Å². The second-order valence-corrected chi connectivity index (χ2v) is 6.53. The first-order valence-corrected chi connectivity index (χ1v) is 8.24. The van der Waals surface area contributed by atoms with Crippen LogP contribution in [0.4, 0.5) is 0 Å². The Kier molecular flexibility index (Phi) is 4.91. The summed E-state index contributed by atoms with van der Waals surface area (Å²) in [5.41, 5.74) is 6.48. The minimum Gasteiger partial charge on any atom is -0.375 e. The maximum absolute atomic E-state index is 12.2. The number of nitrogens with two attached hydrogens (primary N) is 1. The van der Waals surface area contributed by atoms with E-state index in [0.29, 0.717) is 24.1 Å². The topological polar surface area (TPSA) is 94.3 Å². The van der Waals surface area contributed by atoms with Crippen LogP contribution in [0, 0.1) is 17.8 Å². The number of primary amides is 1. The Morgan fingerprint density at radius 3 is 2.74 bits per heavy atom. The number of pyridine rings is 1. The van der Waals surface area contributed by atoms with Crippen molar-refractivity contribution in [2.45, 2.75) is 32.3 Å². The van der Waals surface area contributed by atoms with Crippen molar-refractivity contribution in [3.63, 3.8) is 0 Å². The highest BCUT2D eigenvalue weighted by molar-refractivity contribution is 5.92. The fraction of sp³-hybridized carbons (Fsp3) is 0.588. The van der Waals surface area contributed by atoms with Gasteiger partial charge < -0.3 is 15.8 Å². The second kappa shape index (κ2) is 7.08. The van der Waals surface area contributed by atoms with Crippen molar-refractivity contribution in [2.24, 2.45) is 23.5 Å². The van der Waals surface area contributed by atoms with E-state index in [4.69, 9.17) is 10.5 Å². The van der Waals surface area contributed by atoms with Crippen LogP contribution in [0.3, 0.4) is 0 Å². The smallest absolute Gasteiger partial charge is 0.269 e. The van der Waals surface area contributed by atoms with Crippen molar-refractivity contribution in [3.8, 4) is 0 Å². The van der Waals surface area contributed by atoms with Gasteiger partial charge in [0.15, 0.2) is 0 Å². The van der Waals surface area contributed by atoms with E-state index >= 15 is 0 Å². The minimum absolute atomic E-state index is 0.274. The van der Waals surface area contributed by atoms with Gasteiger partial charge in [-0.1, -0.05) is 6.07 Å². The number of amides is 2. The lowest BCUT2D eigenvalue weighted by atomic mass is 10.0. The van der Waals surface area contributed by atoms with Crippen LogP contribution >= 0.6 is 0 Å². The number of carbonyl (C=O) groups excluding carboxylic acids is 2. The van der Waals surface area contributed by atoms with Crippen molar-refractivity contribution in [3.05, 3.63) is 29.6 Å². The van der Waals surface area contributed by atoms with Crippen LogP contribution in [0.5, 0.6) is 0 Å². The summed E-state index contributed by atoms with van der Waals surface area (Å²) in [7, 11) is 0. The highest BCUT2D eigenvalue weighted by Crippen LogP contribution is 2.36. The maximum Gasteiger partial charge on any atom is 0.269 e. The SMILES string of the molecule is NC(=O)[C@H](CNC(=O)c1cccc(COCC2CC2)n1)C1CC1. The van der Waals surface area contributed by atoms with Crippen LogP contribution in [-0.2, 0) is 16.1 Å². The highest BCUT2D eigenvalue weighted by Gasteiger charge is 2.35. The van der Waals surface area contributed by atoms with E-state index in [-0.39, 0.29) is 24.3 Å². The summed E-state index contributed by atoms with van der Waals surface area (Å²) in [4.78, 5) is 27.9. The largest absolute Gasteiger partial charge is 0.375 e. The van der Waals surface area contributed by atoms with E-state index in [1.54, 1.807) is 12.1 Å². The van der Waals surface area contributed by atoms with Crippen LogP contribution in [0.25, 0.3) is 0 Å². The third kappa shape index (κ3) is 4.76. The zero-order valence-electron chi connectivity index (χ0n) is 13.2. The van der Waals surface area contributed by atoms with Gasteiger partial charge in [0, 0.05) is 13.2 Å². The lowest BCUT2D eigenvalue weighted by Gasteiger charge is -2.13. The van der Waals surface area contributed by atoms with E-state index < -0.39 is 0 Å². The number of carbonyl (C=O) groups is 2. The monoisotopic (exact) mass is 317 g/mol. The summed E-state index contributed by atoms with van der Waals surface area (Å²) in [6.45, 7) is 1.46. The van der Waals surface area contributed by atoms with E-state index in [0.717, 1.165) is 25.1 Å². The number of hydrogen-bond donors (Lipinski definition) is 2. The third-order valence-electron chi connectivity index (χ3n) is 4.38. The molecule has 2 fully saturated rings. The van der Waals surface area contributed by atoms with Gasteiger partial charge >= 0.3 is 0 Å². The van der Waals surface area contributed by atoms with E-state index in [1.807, 2.05) is 6.07 Å². The molecule has 0 spiro atoms. The number of nitrogens with one attached hydrogen (secondary N) is 1. The number of rotatable bonds is 9. The Labute approximate surface area is 135 Å². The molecular weight excluding hydrogens is 294 g/mol. The molecule has 2 aliphatic carbocycles. The molecule has 3 N–H and O–H groups in total. The van der Waals surface area contributed by atoms with Gasteiger partial charge in [-0.15, -0.1) is 0 Å². The van der Waals surface area contributed by atoms with E-state index in [1.165, 1.54) is 12.8 Å². The minimum atomic E-state index is -0.344. The van der Waals surface area contributed by atoms with E-state index in [9.17, 15) is 9.59 Å². The van der Waals surface area contributed by atoms with Gasteiger partial charge in [-0.2, -0.15) is 0 Å². The molecule has 0 unspecified atom stereocenters. The van der Waals surface area contributed by atoms with Crippen LogP contribution in [0.15, 0.2) is 18.2 Å². The molecule has 2 saturated carbocycles. The van der Waals surface area contributed by atoms with Crippen molar-refractivity contribution in [1.82, 2.24) is 10.3 Å². The van der Waals surface area contributed by atoms with Crippen LogP contribution in [0.1, 0.15) is 41.9 Å². The molecule has 2 amide bonds. The molecule has 0 bridgehead atoms. The van der Waals surface area contributed by atoms with Gasteiger partial charge in [0.2, 0.25) is 5.91 Å². The predicted octanol–water partition coefficient (Wildman–Crippen LogP) is 1.25. The summed E-state index contributed by atoms with van der Waals surface area (Å²) >= 11 is 0.